The van der Waals surface area contributed by atoms with Crippen LogP contribution in [0.5, 0.6) is 11.5 Å². The fourth-order valence-electron chi connectivity index (χ4n) is 1.65. The first-order chi connectivity index (χ1) is 10.1. The number of nitrogen functional groups attached to an aromatic ring is 1. The summed E-state index contributed by atoms with van der Waals surface area (Å²) in [6.07, 6.45) is 0.791. The van der Waals surface area contributed by atoms with Crippen molar-refractivity contribution in [2.45, 2.75) is 6.42 Å². The van der Waals surface area contributed by atoms with E-state index in [9.17, 15) is 0 Å². The van der Waals surface area contributed by atoms with E-state index in [0.717, 1.165) is 37.0 Å². The summed E-state index contributed by atoms with van der Waals surface area (Å²) in [6, 6.07) is 11.3. The second kappa shape index (κ2) is 8.06. The largest absolute Gasteiger partial charge is 0.493 e. The third-order valence-corrected chi connectivity index (χ3v) is 4.28. The lowest BCUT2D eigenvalue weighted by Crippen LogP contribution is -2.05. The molecule has 0 unspecified atom stereocenters. The third-order valence-electron chi connectivity index (χ3n) is 2.65. The van der Waals surface area contributed by atoms with Crippen LogP contribution in [0.1, 0.15) is 6.42 Å². The van der Waals surface area contributed by atoms with Gasteiger partial charge in [0.2, 0.25) is 0 Å². The average Bonchev–Trinajstić information content (AvgIpc) is 2.43. The molecule has 112 valence electrons. The first-order valence-electron chi connectivity index (χ1n) is 6.32. The molecule has 6 heteroatoms. The number of nitrogens with two attached hydrogens (primary N) is 1. The van der Waals surface area contributed by atoms with Crippen molar-refractivity contribution >= 4 is 53.5 Å². The Morgan fingerprint density at radius 2 is 1.43 bits per heavy atom. The van der Waals surface area contributed by atoms with Crippen LogP contribution in [0.15, 0.2) is 49.8 Å². The van der Waals surface area contributed by atoms with Gasteiger partial charge in [0, 0.05) is 16.6 Å². The summed E-state index contributed by atoms with van der Waals surface area (Å²) in [4.78, 5) is 0. The SMILES string of the molecule is Nc1ccc(OCCCOc2c(Br)cc(Br)cc2Br)cc1. The predicted molar refractivity (Wildman–Crippen MR) is 96.0 cm³/mol. The summed E-state index contributed by atoms with van der Waals surface area (Å²) in [6.45, 7) is 1.17. The highest BCUT2D eigenvalue weighted by atomic mass is 79.9. The Balaban J connectivity index is 1.76. The van der Waals surface area contributed by atoms with Crippen LogP contribution >= 0.6 is 47.8 Å². The van der Waals surface area contributed by atoms with Gasteiger partial charge in [-0.25, -0.2) is 0 Å². The van der Waals surface area contributed by atoms with Gasteiger partial charge in [-0.1, -0.05) is 15.9 Å². The number of hydrogen-bond donors (Lipinski definition) is 1. The van der Waals surface area contributed by atoms with Crippen molar-refractivity contribution in [1.82, 2.24) is 0 Å². The van der Waals surface area contributed by atoms with Gasteiger partial charge in [0.15, 0.2) is 0 Å². The zero-order chi connectivity index (χ0) is 15.2. The minimum atomic E-state index is 0.577. The van der Waals surface area contributed by atoms with Crippen LogP contribution in [0.2, 0.25) is 0 Å². The van der Waals surface area contributed by atoms with Crippen LogP contribution < -0.4 is 15.2 Å². The molecule has 0 saturated heterocycles. The summed E-state index contributed by atoms with van der Waals surface area (Å²) >= 11 is 10.4. The van der Waals surface area contributed by atoms with Crippen molar-refractivity contribution < 1.29 is 9.47 Å². The molecule has 0 aliphatic rings. The summed E-state index contributed by atoms with van der Waals surface area (Å²) in [5, 5.41) is 0. The molecular formula is C15H14Br3NO2. The molecular weight excluding hydrogens is 466 g/mol. The number of benzene rings is 2. The van der Waals surface area contributed by atoms with E-state index in [1.807, 2.05) is 36.4 Å². The van der Waals surface area contributed by atoms with E-state index in [4.69, 9.17) is 15.2 Å². The highest BCUT2D eigenvalue weighted by Gasteiger charge is 2.08. The fraction of sp³-hybridized carbons (Fsp3) is 0.200. The molecule has 2 aromatic carbocycles. The molecule has 0 spiro atoms. The zero-order valence-corrected chi connectivity index (χ0v) is 15.9. The van der Waals surface area contributed by atoms with Crippen LogP contribution in [0.25, 0.3) is 0 Å². The van der Waals surface area contributed by atoms with Gasteiger partial charge in [-0.3, -0.25) is 0 Å². The highest BCUT2D eigenvalue weighted by molar-refractivity contribution is 9.11. The Kier molecular flexibility index (Phi) is 6.39. The number of halogens is 3. The molecule has 0 radical (unpaired) electrons. The minimum Gasteiger partial charge on any atom is -0.493 e. The Labute approximate surface area is 149 Å². The summed E-state index contributed by atoms with van der Waals surface area (Å²) in [5.41, 5.74) is 6.35. The Morgan fingerprint density at radius 1 is 0.857 bits per heavy atom. The van der Waals surface area contributed by atoms with Crippen LogP contribution in [-0.2, 0) is 0 Å². The van der Waals surface area contributed by atoms with Gasteiger partial charge < -0.3 is 15.2 Å². The number of hydrogen-bond acceptors (Lipinski definition) is 3. The molecule has 2 rings (SSSR count). The lowest BCUT2D eigenvalue weighted by atomic mass is 10.3. The monoisotopic (exact) mass is 477 g/mol. The van der Waals surface area contributed by atoms with E-state index in [1.54, 1.807) is 0 Å². The quantitative estimate of drug-likeness (QED) is 0.445. The molecule has 0 heterocycles. The normalized spacial score (nSPS) is 10.4. The van der Waals surface area contributed by atoms with E-state index < -0.39 is 0 Å². The standard InChI is InChI=1S/C15H14Br3NO2/c16-10-8-13(17)15(14(18)9-10)21-7-1-6-20-12-4-2-11(19)3-5-12/h2-5,8-9H,1,6-7,19H2. The van der Waals surface area contributed by atoms with Crippen LogP contribution in [-0.4, -0.2) is 13.2 Å². The minimum absolute atomic E-state index is 0.577. The molecule has 2 aromatic rings. The Morgan fingerprint density at radius 3 is 2.05 bits per heavy atom. The van der Waals surface area contributed by atoms with E-state index in [0.29, 0.717) is 13.2 Å². The van der Waals surface area contributed by atoms with E-state index >= 15 is 0 Å². The van der Waals surface area contributed by atoms with Gasteiger partial charge >= 0.3 is 0 Å². The molecule has 3 nitrogen and oxygen atoms in total. The molecule has 0 atom stereocenters. The van der Waals surface area contributed by atoms with Gasteiger partial charge in [-0.2, -0.15) is 0 Å². The Hall–Kier alpha value is -0.720. The van der Waals surface area contributed by atoms with Crippen LogP contribution in [0.4, 0.5) is 5.69 Å². The van der Waals surface area contributed by atoms with Crippen molar-refractivity contribution in [1.29, 1.82) is 0 Å². The van der Waals surface area contributed by atoms with E-state index in [-0.39, 0.29) is 0 Å². The molecule has 21 heavy (non-hydrogen) atoms. The molecule has 2 N–H and O–H groups in total. The van der Waals surface area contributed by atoms with Gasteiger partial charge in [-0.05, 0) is 68.3 Å². The molecule has 0 saturated carbocycles. The summed E-state index contributed by atoms with van der Waals surface area (Å²) in [5.74, 6) is 1.61. The van der Waals surface area contributed by atoms with Gasteiger partial charge in [0.05, 0.1) is 22.2 Å². The van der Waals surface area contributed by atoms with Crippen molar-refractivity contribution in [3.8, 4) is 11.5 Å². The van der Waals surface area contributed by atoms with Crippen LogP contribution in [0.3, 0.4) is 0 Å². The van der Waals surface area contributed by atoms with E-state index in [1.165, 1.54) is 0 Å². The molecule has 0 amide bonds. The first kappa shape index (κ1) is 16.6. The molecule has 0 fully saturated rings. The predicted octanol–water partition coefficient (Wildman–Crippen LogP) is 5.40. The van der Waals surface area contributed by atoms with Crippen molar-refractivity contribution in [2.75, 3.05) is 18.9 Å². The van der Waals surface area contributed by atoms with E-state index in [2.05, 4.69) is 47.8 Å². The summed E-state index contributed by atoms with van der Waals surface area (Å²) < 4.78 is 14.2. The maximum Gasteiger partial charge on any atom is 0.147 e. The maximum absolute atomic E-state index is 5.77. The van der Waals surface area contributed by atoms with Crippen molar-refractivity contribution in [3.05, 3.63) is 49.8 Å². The Bertz CT molecular complexity index is 579. The van der Waals surface area contributed by atoms with Gasteiger partial charge in [0.25, 0.3) is 0 Å². The molecule has 0 aliphatic carbocycles. The highest BCUT2D eigenvalue weighted by Crippen LogP contribution is 2.36. The smallest absolute Gasteiger partial charge is 0.147 e. The third kappa shape index (κ3) is 5.20. The van der Waals surface area contributed by atoms with Gasteiger partial charge in [-0.15, -0.1) is 0 Å². The second-order valence-electron chi connectivity index (χ2n) is 4.32. The first-order valence-corrected chi connectivity index (χ1v) is 8.70. The van der Waals surface area contributed by atoms with Crippen molar-refractivity contribution in [3.63, 3.8) is 0 Å². The van der Waals surface area contributed by atoms with Crippen molar-refractivity contribution in [2.24, 2.45) is 0 Å². The lowest BCUT2D eigenvalue weighted by molar-refractivity contribution is 0.246. The zero-order valence-electron chi connectivity index (χ0n) is 11.1. The van der Waals surface area contributed by atoms with Gasteiger partial charge in [0.1, 0.15) is 11.5 Å². The number of anilines is 1. The maximum atomic E-state index is 5.77. The number of rotatable bonds is 6. The second-order valence-corrected chi connectivity index (χ2v) is 6.94. The average molecular weight is 480 g/mol. The topological polar surface area (TPSA) is 44.5 Å². The number of ether oxygens (including phenoxy) is 2. The molecule has 0 bridgehead atoms. The lowest BCUT2D eigenvalue weighted by Gasteiger charge is -2.11. The fourth-order valence-corrected chi connectivity index (χ4v) is 4.14. The summed E-state index contributed by atoms with van der Waals surface area (Å²) in [7, 11) is 0. The molecule has 0 aliphatic heterocycles. The molecule has 0 aromatic heterocycles. The van der Waals surface area contributed by atoms with Crippen LogP contribution in [0, 0.1) is 0 Å².